The van der Waals surface area contributed by atoms with Gasteiger partial charge in [0.1, 0.15) is 5.82 Å². The fraction of sp³-hybridized carbons (Fsp3) is 0.462. The average molecular weight is 233 g/mol. The van der Waals surface area contributed by atoms with E-state index in [9.17, 15) is 4.39 Å². The minimum absolute atomic E-state index is 0.0450. The number of nitrogens with zero attached hydrogens (tertiary/aromatic N) is 2. The summed E-state index contributed by atoms with van der Waals surface area (Å²) in [5, 5.41) is 0. The molecule has 1 aliphatic carbocycles. The highest BCUT2D eigenvalue weighted by Gasteiger charge is 2.40. The molecule has 90 valence electrons. The standard InChI is InChI=1S/C13H16FN3/c1-13(2,8-3-4-8)17-11-6-5-9(14)7-10(11)16-12(17)15/h5-8H,3-4H2,1-2H3,(H2,15,16). The summed E-state index contributed by atoms with van der Waals surface area (Å²) in [6.45, 7) is 4.34. The van der Waals surface area contributed by atoms with E-state index in [0.29, 0.717) is 17.4 Å². The Balaban J connectivity index is 2.24. The van der Waals surface area contributed by atoms with E-state index in [1.807, 2.05) is 4.57 Å². The number of hydrogen-bond acceptors (Lipinski definition) is 2. The van der Waals surface area contributed by atoms with Crippen LogP contribution in [0.1, 0.15) is 26.7 Å². The van der Waals surface area contributed by atoms with Gasteiger partial charge >= 0.3 is 0 Å². The van der Waals surface area contributed by atoms with Crippen molar-refractivity contribution >= 4 is 17.0 Å². The lowest BCUT2D eigenvalue weighted by atomic mass is 9.98. The van der Waals surface area contributed by atoms with E-state index in [0.717, 1.165) is 5.52 Å². The highest BCUT2D eigenvalue weighted by Crippen LogP contribution is 2.46. The molecule has 17 heavy (non-hydrogen) atoms. The fourth-order valence-corrected chi connectivity index (χ4v) is 2.65. The smallest absolute Gasteiger partial charge is 0.201 e. The van der Waals surface area contributed by atoms with Crippen molar-refractivity contribution < 1.29 is 4.39 Å². The molecule has 1 aliphatic rings. The van der Waals surface area contributed by atoms with Gasteiger partial charge < -0.3 is 10.3 Å². The summed E-state index contributed by atoms with van der Waals surface area (Å²) >= 11 is 0. The Kier molecular flexibility index (Phi) is 2.00. The van der Waals surface area contributed by atoms with Crippen molar-refractivity contribution in [3.05, 3.63) is 24.0 Å². The third-order valence-electron chi connectivity index (χ3n) is 3.80. The predicted octanol–water partition coefficient (Wildman–Crippen LogP) is 2.90. The topological polar surface area (TPSA) is 43.8 Å². The Bertz CT molecular complexity index is 582. The second kappa shape index (κ2) is 3.22. The van der Waals surface area contributed by atoms with E-state index in [1.165, 1.54) is 25.0 Å². The zero-order valence-electron chi connectivity index (χ0n) is 10.1. The van der Waals surface area contributed by atoms with Crippen LogP contribution in [0.25, 0.3) is 11.0 Å². The number of halogens is 1. The maximum Gasteiger partial charge on any atom is 0.201 e. The molecule has 1 saturated carbocycles. The van der Waals surface area contributed by atoms with Crippen LogP contribution in [0.15, 0.2) is 18.2 Å². The molecule has 0 saturated heterocycles. The van der Waals surface area contributed by atoms with Gasteiger partial charge in [0, 0.05) is 11.6 Å². The Hall–Kier alpha value is -1.58. The molecular formula is C13H16FN3. The molecule has 3 rings (SSSR count). The zero-order valence-corrected chi connectivity index (χ0v) is 10.1. The summed E-state index contributed by atoms with van der Waals surface area (Å²) in [7, 11) is 0. The largest absolute Gasteiger partial charge is 0.369 e. The third-order valence-corrected chi connectivity index (χ3v) is 3.80. The molecule has 1 fully saturated rings. The molecule has 4 heteroatoms. The normalized spacial score (nSPS) is 16.6. The molecule has 0 amide bonds. The molecule has 0 radical (unpaired) electrons. The maximum absolute atomic E-state index is 13.2. The SMILES string of the molecule is CC(C)(C1CC1)n1c(N)nc2cc(F)ccc21. The number of rotatable bonds is 2. The van der Waals surface area contributed by atoms with E-state index in [4.69, 9.17) is 5.73 Å². The van der Waals surface area contributed by atoms with Gasteiger partial charge in [-0.1, -0.05) is 0 Å². The van der Waals surface area contributed by atoms with E-state index in [-0.39, 0.29) is 11.4 Å². The van der Waals surface area contributed by atoms with Crippen molar-refractivity contribution in [2.75, 3.05) is 5.73 Å². The van der Waals surface area contributed by atoms with Crippen LogP contribution in [0.5, 0.6) is 0 Å². The van der Waals surface area contributed by atoms with Gasteiger partial charge in [-0.05, 0) is 44.7 Å². The van der Waals surface area contributed by atoms with Gasteiger partial charge in [-0.15, -0.1) is 0 Å². The summed E-state index contributed by atoms with van der Waals surface area (Å²) in [5.74, 6) is 0.848. The van der Waals surface area contributed by atoms with Gasteiger partial charge in [0.05, 0.1) is 11.0 Å². The molecule has 1 heterocycles. The summed E-state index contributed by atoms with van der Waals surface area (Å²) in [6.07, 6.45) is 2.46. The fourth-order valence-electron chi connectivity index (χ4n) is 2.65. The van der Waals surface area contributed by atoms with Crippen molar-refractivity contribution in [3.8, 4) is 0 Å². The highest BCUT2D eigenvalue weighted by atomic mass is 19.1. The molecule has 0 spiro atoms. The number of anilines is 1. The Morgan fingerprint density at radius 1 is 1.41 bits per heavy atom. The maximum atomic E-state index is 13.2. The van der Waals surface area contributed by atoms with Crippen LogP contribution in [0.3, 0.4) is 0 Å². The lowest BCUT2D eigenvalue weighted by molar-refractivity contribution is 0.318. The van der Waals surface area contributed by atoms with Crippen LogP contribution in [-0.2, 0) is 5.54 Å². The van der Waals surface area contributed by atoms with Crippen LogP contribution in [0.4, 0.5) is 10.3 Å². The quantitative estimate of drug-likeness (QED) is 0.866. The van der Waals surface area contributed by atoms with Gasteiger partial charge in [0.25, 0.3) is 0 Å². The molecule has 1 aromatic heterocycles. The van der Waals surface area contributed by atoms with Crippen molar-refractivity contribution in [3.63, 3.8) is 0 Å². The number of fused-ring (bicyclic) bond motifs is 1. The van der Waals surface area contributed by atoms with Crippen molar-refractivity contribution in [1.82, 2.24) is 9.55 Å². The molecular weight excluding hydrogens is 217 g/mol. The minimum Gasteiger partial charge on any atom is -0.369 e. The first-order chi connectivity index (χ1) is 8.00. The molecule has 0 atom stereocenters. The van der Waals surface area contributed by atoms with Crippen LogP contribution in [0, 0.1) is 11.7 Å². The van der Waals surface area contributed by atoms with Crippen molar-refractivity contribution in [2.24, 2.45) is 5.92 Å². The molecule has 1 aromatic carbocycles. The Labute approximate surface area is 99.4 Å². The monoisotopic (exact) mass is 233 g/mol. The third kappa shape index (κ3) is 1.51. The van der Waals surface area contributed by atoms with E-state index >= 15 is 0 Å². The van der Waals surface area contributed by atoms with Gasteiger partial charge in [-0.25, -0.2) is 9.37 Å². The van der Waals surface area contributed by atoms with Gasteiger partial charge in [0.2, 0.25) is 5.95 Å². The number of nitrogens with two attached hydrogens (primary N) is 1. The molecule has 2 aromatic rings. The minimum atomic E-state index is -0.272. The molecule has 3 nitrogen and oxygen atoms in total. The first kappa shape index (κ1) is 10.6. The lowest BCUT2D eigenvalue weighted by Gasteiger charge is -2.28. The van der Waals surface area contributed by atoms with Crippen LogP contribution in [-0.4, -0.2) is 9.55 Å². The molecule has 0 unspecified atom stereocenters. The second-order valence-corrected chi connectivity index (χ2v) is 5.37. The predicted molar refractivity (Wildman–Crippen MR) is 66.1 cm³/mol. The Morgan fingerprint density at radius 3 is 2.76 bits per heavy atom. The van der Waals surface area contributed by atoms with E-state index in [1.54, 1.807) is 6.07 Å². The second-order valence-electron chi connectivity index (χ2n) is 5.37. The molecule has 0 bridgehead atoms. The number of aromatic nitrogens is 2. The van der Waals surface area contributed by atoms with E-state index < -0.39 is 0 Å². The number of nitrogen functional groups attached to an aromatic ring is 1. The summed E-state index contributed by atoms with van der Waals surface area (Å²) in [4.78, 5) is 4.25. The average Bonchev–Trinajstić information content (AvgIpc) is 3.01. The number of benzene rings is 1. The first-order valence-corrected chi connectivity index (χ1v) is 5.94. The van der Waals surface area contributed by atoms with Crippen LogP contribution < -0.4 is 5.73 Å². The number of imidazole rings is 1. The van der Waals surface area contributed by atoms with Crippen molar-refractivity contribution in [1.29, 1.82) is 0 Å². The van der Waals surface area contributed by atoms with Gasteiger partial charge in [-0.2, -0.15) is 0 Å². The van der Waals surface area contributed by atoms with Gasteiger partial charge in [0.15, 0.2) is 0 Å². The lowest BCUT2D eigenvalue weighted by Crippen LogP contribution is -2.29. The van der Waals surface area contributed by atoms with E-state index in [2.05, 4.69) is 18.8 Å². The summed E-state index contributed by atoms with van der Waals surface area (Å²) in [6, 6.07) is 4.66. The number of hydrogen-bond donors (Lipinski definition) is 1. The van der Waals surface area contributed by atoms with Crippen molar-refractivity contribution in [2.45, 2.75) is 32.2 Å². The zero-order chi connectivity index (χ0) is 12.2. The first-order valence-electron chi connectivity index (χ1n) is 5.94. The summed E-state index contributed by atoms with van der Waals surface area (Å²) in [5.41, 5.74) is 7.49. The van der Waals surface area contributed by atoms with Crippen LogP contribution >= 0.6 is 0 Å². The molecule has 2 N–H and O–H groups in total. The Morgan fingerprint density at radius 2 is 2.12 bits per heavy atom. The highest BCUT2D eigenvalue weighted by molar-refractivity contribution is 5.78. The van der Waals surface area contributed by atoms with Crippen LogP contribution in [0.2, 0.25) is 0 Å². The summed E-state index contributed by atoms with van der Waals surface area (Å²) < 4.78 is 15.2. The molecule has 0 aliphatic heterocycles. The van der Waals surface area contributed by atoms with Gasteiger partial charge in [-0.3, -0.25) is 0 Å².